The van der Waals surface area contributed by atoms with Gasteiger partial charge in [0, 0.05) is 38.6 Å². The Morgan fingerprint density at radius 2 is 1.88 bits per heavy atom. The van der Waals surface area contributed by atoms with Crippen molar-refractivity contribution in [1.82, 2.24) is 19.8 Å². The van der Waals surface area contributed by atoms with Crippen molar-refractivity contribution in [1.29, 1.82) is 0 Å². The lowest BCUT2D eigenvalue weighted by Crippen LogP contribution is -2.49. The van der Waals surface area contributed by atoms with E-state index in [-0.39, 0.29) is 30.2 Å². The molecule has 2 N–H and O–H groups in total. The minimum Gasteiger partial charge on any atom is -0.354 e. The molecule has 9 nitrogen and oxygen atoms in total. The van der Waals surface area contributed by atoms with Gasteiger partial charge in [-0.3, -0.25) is 4.79 Å². The lowest BCUT2D eigenvalue weighted by atomic mass is 10.1. The van der Waals surface area contributed by atoms with Crippen molar-refractivity contribution < 1.29 is 22.7 Å². The van der Waals surface area contributed by atoms with Crippen LogP contribution in [-0.4, -0.2) is 79.9 Å². The molecule has 3 heterocycles. The van der Waals surface area contributed by atoms with Gasteiger partial charge in [0.15, 0.2) is 0 Å². The lowest BCUT2D eigenvalue weighted by molar-refractivity contribution is -0.120. The number of sulfonamides is 1. The number of amides is 3. The van der Waals surface area contributed by atoms with Crippen molar-refractivity contribution in [2.45, 2.75) is 43.3 Å². The summed E-state index contributed by atoms with van der Waals surface area (Å²) in [5, 5.41) is 5.17. The van der Waals surface area contributed by atoms with Crippen molar-refractivity contribution in [2.75, 3.05) is 32.7 Å². The number of likely N-dealkylation sites (tertiary alicyclic amines) is 1. The number of nitrogens with one attached hydrogen (secondary N) is 2. The second kappa shape index (κ2) is 10.2. The monoisotopic (exact) mass is 476 g/mol. The second-order valence-electron chi connectivity index (χ2n) is 8.89. The molecular weight excluding hydrogens is 444 g/mol. The van der Waals surface area contributed by atoms with Gasteiger partial charge in [-0.15, -0.1) is 0 Å². The second-order valence-corrected chi connectivity index (χ2v) is 11.1. The molecule has 0 aliphatic carbocycles. The maximum absolute atomic E-state index is 13.2. The Hall–Kier alpha value is -2.43. The summed E-state index contributed by atoms with van der Waals surface area (Å²) in [6.07, 6.45) is 2.82. The van der Waals surface area contributed by atoms with Gasteiger partial charge in [-0.25, -0.2) is 13.2 Å². The average molecular weight is 477 g/mol. The van der Waals surface area contributed by atoms with Gasteiger partial charge in [-0.05, 0) is 37.3 Å². The Kier molecular flexibility index (Phi) is 7.35. The van der Waals surface area contributed by atoms with Crippen LogP contribution in [0.1, 0.15) is 24.8 Å². The first-order chi connectivity index (χ1) is 15.9. The number of rotatable bonds is 7. The van der Waals surface area contributed by atoms with Gasteiger partial charge >= 0.3 is 6.03 Å². The summed E-state index contributed by atoms with van der Waals surface area (Å²) in [7, 11) is -3.46. The van der Waals surface area contributed by atoms with E-state index in [1.54, 1.807) is 4.90 Å². The number of hydrogen-bond donors (Lipinski definition) is 2. The molecule has 0 radical (unpaired) electrons. The summed E-state index contributed by atoms with van der Waals surface area (Å²) in [4.78, 5) is 25.6. The fourth-order valence-corrected chi connectivity index (χ4v) is 6.86. The van der Waals surface area contributed by atoms with Gasteiger partial charge < -0.3 is 20.3 Å². The number of benzene rings is 1. The first kappa shape index (κ1) is 23.7. The molecule has 180 valence electrons. The number of hydrogen-bond acceptors (Lipinski definition) is 5. The van der Waals surface area contributed by atoms with Crippen LogP contribution < -0.4 is 10.6 Å². The SMILES string of the molecule is C=CC(=O)NC1CC2CN(S(=O)(=O)C3CCN(C(=O)NCCc4ccccc4)CC3)CC2O1. The fourth-order valence-electron chi connectivity index (χ4n) is 4.88. The number of urea groups is 1. The Balaban J connectivity index is 1.21. The minimum absolute atomic E-state index is 0.0744. The highest BCUT2D eigenvalue weighted by molar-refractivity contribution is 7.89. The van der Waals surface area contributed by atoms with E-state index in [1.807, 2.05) is 30.3 Å². The fraction of sp³-hybridized carbons (Fsp3) is 0.565. The maximum Gasteiger partial charge on any atom is 0.317 e. The Labute approximate surface area is 195 Å². The minimum atomic E-state index is -3.46. The topological polar surface area (TPSA) is 108 Å². The quantitative estimate of drug-likeness (QED) is 0.573. The van der Waals surface area contributed by atoms with E-state index in [4.69, 9.17) is 4.74 Å². The van der Waals surface area contributed by atoms with E-state index in [2.05, 4.69) is 17.2 Å². The highest BCUT2D eigenvalue weighted by Crippen LogP contribution is 2.35. The van der Waals surface area contributed by atoms with E-state index in [0.717, 1.165) is 12.0 Å². The van der Waals surface area contributed by atoms with Crippen LogP contribution >= 0.6 is 0 Å². The number of ether oxygens (including phenoxy) is 1. The maximum atomic E-state index is 13.2. The highest BCUT2D eigenvalue weighted by Gasteiger charge is 2.48. The summed E-state index contributed by atoms with van der Waals surface area (Å²) in [6, 6.07) is 9.82. The molecule has 3 aliphatic heterocycles. The summed E-state index contributed by atoms with van der Waals surface area (Å²) < 4.78 is 33.8. The average Bonchev–Trinajstić information content (AvgIpc) is 3.39. The zero-order valence-corrected chi connectivity index (χ0v) is 19.5. The van der Waals surface area contributed by atoms with Crippen LogP contribution in [0.4, 0.5) is 4.79 Å². The Morgan fingerprint density at radius 1 is 1.15 bits per heavy atom. The lowest BCUT2D eigenvalue weighted by Gasteiger charge is -2.33. The summed E-state index contributed by atoms with van der Waals surface area (Å²) in [6.45, 7) is 5.55. The third-order valence-electron chi connectivity index (χ3n) is 6.74. The molecule has 0 aromatic heterocycles. The molecule has 1 aromatic rings. The van der Waals surface area contributed by atoms with Gasteiger partial charge in [0.05, 0.1) is 11.4 Å². The van der Waals surface area contributed by atoms with Gasteiger partial charge in [0.1, 0.15) is 6.23 Å². The largest absolute Gasteiger partial charge is 0.354 e. The molecule has 10 heteroatoms. The molecule has 3 atom stereocenters. The van der Waals surface area contributed by atoms with Crippen molar-refractivity contribution in [3.8, 4) is 0 Å². The zero-order chi connectivity index (χ0) is 23.4. The third-order valence-corrected chi connectivity index (χ3v) is 9.07. The first-order valence-corrected chi connectivity index (χ1v) is 13.0. The molecule has 0 spiro atoms. The van der Waals surface area contributed by atoms with Gasteiger partial charge in [-0.1, -0.05) is 36.9 Å². The van der Waals surface area contributed by atoms with Crippen LogP contribution in [0.2, 0.25) is 0 Å². The molecule has 3 amide bonds. The van der Waals surface area contributed by atoms with Crippen molar-refractivity contribution in [3.63, 3.8) is 0 Å². The highest BCUT2D eigenvalue weighted by atomic mass is 32.2. The Bertz CT molecular complexity index is 948. The number of nitrogens with zero attached hydrogens (tertiary/aromatic N) is 2. The van der Waals surface area contributed by atoms with Crippen LogP contribution in [0.3, 0.4) is 0 Å². The molecular formula is C23H32N4O5S. The zero-order valence-electron chi connectivity index (χ0n) is 18.7. The van der Waals surface area contributed by atoms with E-state index in [9.17, 15) is 18.0 Å². The number of fused-ring (bicyclic) bond motifs is 1. The molecule has 0 saturated carbocycles. The number of piperidine rings is 1. The van der Waals surface area contributed by atoms with Crippen LogP contribution in [0.25, 0.3) is 0 Å². The van der Waals surface area contributed by atoms with Crippen LogP contribution in [0.15, 0.2) is 43.0 Å². The molecule has 3 aliphatic rings. The molecule has 4 rings (SSSR count). The van der Waals surface area contributed by atoms with Crippen LogP contribution in [0.5, 0.6) is 0 Å². The van der Waals surface area contributed by atoms with Crippen LogP contribution in [-0.2, 0) is 26.0 Å². The van der Waals surface area contributed by atoms with Gasteiger partial charge in [-0.2, -0.15) is 4.31 Å². The summed E-state index contributed by atoms with van der Waals surface area (Å²) >= 11 is 0. The molecule has 0 bridgehead atoms. The van der Waals surface area contributed by atoms with E-state index < -0.39 is 15.3 Å². The van der Waals surface area contributed by atoms with E-state index >= 15 is 0 Å². The predicted octanol–water partition coefficient (Wildman–Crippen LogP) is 1.08. The van der Waals surface area contributed by atoms with Crippen molar-refractivity contribution in [2.24, 2.45) is 5.92 Å². The molecule has 3 saturated heterocycles. The molecule has 3 unspecified atom stereocenters. The summed E-state index contributed by atoms with van der Waals surface area (Å²) in [5.74, 6) is -0.217. The normalized spacial score (nSPS) is 26.1. The first-order valence-electron chi connectivity index (χ1n) is 11.5. The van der Waals surface area contributed by atoms with Gasteiger partial charge in [0.2, 0.25) is 15.9 Å². The van der Waals surface area contributed by atoms with Gasteiger partial charge in [0.25, 0.3) is 0 Å². The van der Waals surface area contributed by atoms with Crippen molar-refractivity contribution >= 4 is 22.0 Å². The van der Waals surface area contributed by atoms with Crippen molar-refractivity contribution in [3.05, 3.63) is 48.6 Å². The third kappa shape index (κ3) is 5.56. The molecule has 1 aromatic carbocycles. The molecule has 3 fully saturated rings. The van der Waals surface area contributed by atoms with Crippen LogP contribution in [0, 0.1) is 5.92 Å². The smallest absolute Gasteiger partial charge is 0.317 e. The van der Waals surface area contributed by atoms with E-state index in [0.29, 0.717) is 52.0 Å². The number of carbonyl (C=O) groups is 2. The predicted molar refractivity (Wildman–Crippen MR) is 124 cm³/mol. The Morgan fingerprint density at radius 3 is 2.55 bits per heavy atom. The summed E-state index contributed by atoms with van der Waals surface area (Å²) in [5.41, 5.74) is 1.16. The standard InChI is InChI=1S/C23H32N4O5S/c1-2-21(28)25-22-14-18-15-27(16-20(18)32-22)33(30,31)19-9-12-26(13-10-19)23(29)24-11-8-17-6-4-3-5-7-17/h2-7,18-20,22H,1,8-16H2,(H,24,29)(H,25,28). The molecule has 33 heavy (non-hydrogen) atoms. The number of carbonyl (C=O) groups excluding carboxylic acids is 2. The van der Waals surface area contributed by atoms with E-state index in [1.165, 1.54) is 10.4 Å².